The first kappa shape index (κ1) is 18.0. The van der Waals surface area contributed by atoms with E-state index in [1.807, 2.05) is 0 Å². The molecule has 0 aliphatic carbocycles. The number of methoxy groups -OCH3 is 1. The monoisotopic (exact) mass is 375 g/mol. The molecule has 1 aromatic heterocycles. The summed E-state index contributed by atoms with van der Waals surface area (Å²) in [7, 11) is -2.28. The van der Waals surface area contributed by atoms with Gasteiger partial charge in [0.1, 0.15) is 11.4 Å². The summed E-state index contributed by atoms with van der Waals surface area (Å²) in [4.78, 5) is 29.5. The van der Waals surface area contributed by atoms with Gasteiger partial charge in [0.15, 0.2) is 0 Å². The van der Waals surface area contributed by atoms with Crippen molar-refractivity contribution < 1.29 is 22.7 Å². The van der Waals surface area contributed by atoms with Crippen molar-refractivity contribution >= 4 is 21.8 Å². The van der Waals surface area contributed by atoms with E-state index in [2.05, 4.69) is 9.71 Å². The molecular formula is C17H17N3O5S. The number of rotatable bonds is 6. The maximum atomic E-state index is 12.5. The van der Waals surface area contributed by atoms with Gasteiger partial charge in [0.25, 0.3) is 11.8 Å². The first-order valence-electron chi connectivity index (χ1n) is 7.80. The maximum absolute atomic E-state index is 12.5. The summed E-state index contributed by atoms with van der Waals surface area (Å²) in [5.74, 6) is -0.441. The summed E-state index contributed by atoms with van der Waals surface area (Å²) >= 11 is 0. The van der Waals surface area contributed by atoms with Gasteiger partial charge in [-0.2, -0.15) is 0 Å². The number of amides is 2. The van der Waals surface area contributed by atoms with E-state index in [1.165, 1.54) is 25.4 Å². The summed E-state index contributed by atoms with van der Waals surface area (Å²) in [6.07, 6.45) is 1.43. The predicted octanol–water partition coefficient (Wildman–Crippen LogP) is 0.973. The van der Waals surface area contributed by atoms with Crippen LogP contribution in [-0.2, 0) is 10.0 Å². The average Bonchev–Trinajstić information content (AvgIpc) is 2.86. The minimum Gasteiger partial charge on any atom is -0.497 e. The Bertz CT molecular complexity index is 953. The average molecular weight is 375 g/mol. The van der Waals surface area contributed by atoms with E-state index in [9.17, 15) is 18.0 Å². The van der Waals surface area contributed by atoms with Crippen molar-refractivity contribution in [1.82, 2.24) is 14.6 Å². The third-order valence-corrected chi connectivity index (χ3v) is 5.65. The number of hydrogen-bond donors (Lipinski definition) is 1. The standard InChI is InChI=1S/C17H17N3O5S/c1-11-10-12(25-2)5-6-14(11)26(23,24)19-8-9-20-16(21)13-4-3-7-18-15(13)17(20)22/h3-7,10,19H,8-9H2,1-2H3. The summed E-state index contributed by atoms with van der Waals surface area (Å²) in [5.41, 5.74) is 0.847. The van der Waals surface area contributed by atoms with Crippen molar-refractivity contribution in [2.24, 2.45) is 0 Å². The number of nitrogens with one attached hydrogen (secondary N) is 1. The Kier molecular flexibility index (Phi) is 4.75. The highest BCUT2D eigenvalue weighted by molar-refractivity contribution is 7.89. The van der Waals surface area contributed by atoms with Gasteiger partial charge in [-0.15, -0.1) is 0 Å². The van der Waals surface area contributed by atoms with Crippen LogP contribution in [0.3, 0.4) is 0 Å². The quantitative estimate of drug-likeness (QED) is 0.755. The second-order valence-electron chi connectivity index (χ2n) is 5.69. The van der Waals surface area contributed by atoms with Crippen LogP contribution in [0.2, 0.25) is 0 Å². The number of carbonyl (C=O) groups is 2. The predicted molar refractivity (Wildman–Crippen MR) is 92.5 cm³/mol. The molecule has 8 nitrogen and oxygen atoms in total. The molecule has 0 fully saturated rings. The summed E-state index contributed by atoms with van der Waals surface area (Å²) in [6.45, 7) is 1.48. The van der Waals surface area contributed by atoms with Crippen LogP contribution in [-0.4, -0.2) is 50.3 Å². The fourth-order valence-corrected chi connectivity index (χ4v) is 3.98. The molecule has 1 aromatic carbocycles. The molecule has 2 aromatic rings. The van der Waals surface area contributed by atoms with Gasteiger partial charge in [-0.3, -0.25) is 19.5 Å². The number of benzene rings is 1. The van der Waals surface area contributed by atoms with Crippen LogP contribution in [0.25, 0.3) is 0 Å². The number of hydrogen-bond acceptors (Lipinski definition) is 6. The first-order chi connectivity index (χ1) is 12.3. The van der Waals surface area contributed by atoms with Crippen molar-refractivity contribution in [3.63, 3.8) is 0 Å². The lowest BCUT2D eigenvalue weighted by molar-refractivity contribution is 0.0655. The van der Waals surface area contributed by atoms with E-state index in [-0.39, 0.29) is 29.2 Å². The van der Waals surface area contributed by atoms with Crippen molar-refractivity contribution in [1.29, 1.82) is 0 Å². The lowest BCUT2D eigenvalue weighted by Gasteiger charge is -2.15. The normalized spacial score (nSPS) is 13.8. The zero-order valence-corrected chi connectivity index (χ0v) is 15.0. The van der Waals surface area contributed by atoms with Crippen molar-refractivity contribution in [3.8, 4) is 5.75 Å². The Hall–Kier alpha value is -2.78. The third-order valence-electron chi connectivity index (χ3n) is 4.03. The van der Waals surface area contributed by atoms with E-state index >= 15 is 0 Å². The molecule has 0 saturated carbocycles. The second kappa shape index (κ2) is 6.85. The summed E-state index contributed by atoms with van der Waals surface area (Å²) in [5, 5.41) is 0. The minimum absolute atomic E-state index is 0.0809. The molecule has 1 aliphatic heterocycles. The van der Waals surface area contributed by atoms with Gasteiger partial charge in [-0.05, 0) is 42.8 Å². The summed E-state index contributed by atoms with van der Waals surface area (Å²) in [6, 6.07) is 7.71. The number of carbonyl (C=O) groups excluding carboxylic acids is 2. The first-order valence-corrected chi connectivity index (χ1v) is 9.29. The highest BCUT2D eigenvalue weighted by Gasteiger charge is 2.36. The van der Waals surface area contributed by atoms with Crippen LogP contribution in [0.5, 0.6) is 5.75 Å². The fraction of sp³-hybridized carbons (Fsp3) is 0.235. The number of imide groups is 1. The van der Waals surface area contributed by atoms with E-state index < -0.39 is 21.8 Å². The Labute approximate surface area is 150 Å². The Morgan fingerprint density at radius 2 is 1.96 bits per heavy atom. The lowest BCUT2D eigenvalue weighted by atomic mass is 10.2. The van der Waals surface area contributed by atoms with Gasteiger partial charge >= 0.3 is 0 Å². The summed E-state index contributed by atoms with van der Waals surface area (Å²) < 4.78 is 32.4. The molecule has 3 rings (SSSR count). The molecule has 2 amide bonds. The molecule has 9 heteroatoms. The lowest BCUT2D eigenvalue weighted by Crippen LogP contribution is -2.38. The third kappa shape index (κ3) is 3.18. The van der Waals surface area contributed by atoms with Gasteiger partial charge in [0, 0.05) is 19.3 Å². The SMILES string of the molecule is COc1ccc(S(=O)(=O)NCCN2C(=O)c3cccnc3C2=O)c(C)c1. The highest BCUT2D eigenvalue weighted by atomic mass is 32.2. The Balaban J connectivity index is 1.68. The molecule has 0 spiro atoms. The van der Waals surface area contributed by atoms with E-state index in [0.717, 1.165) is 4.90 Å². The van der Waals surface area contributed by atoms with Crippen LogP contribution >= 0.6 is 0 Å². The van der Waals surface area contributed by atoms with Crippen molar-refractivity contribution in [3.05, 3.63) is 53.3 Å². The number of fused-ring (bicyclic) bond motifs is 1. The number of pyridine rings is 1. The number of sulfonamides is 1. The molecule has 0 saturated heterocycles. The van der Waals surface area contributed by atoms with Gasteiger partial charge in [0.05, 0.1) is 17.6 Å². The number of aryl methyl sites for hydroxylation is 1. The molecule has 0 radical (unpaired) electrons. The van der Waals surface area contributed by atoms with E-state index in [1.54, 1.807) is 25.1 Å². The van der Waals surface area contributed by atoms with Crippen LogP contribution in [0.15, 0.2) is 41.4 Å². The molecule has 2 heterocycles. The smallest absolute Gasteiger partial charge is 0.280 e. The Morgan fingerprint density at radius 1 is 1.19 bits per heavy atom. The largest absolute Gasteiger partial charge is 0.497 e. The minimum atomic E-state index is -3.78. The van der Waals surface area contributed by atoms with Gasteiger partial charge in [0.2, 0.25) is 10.0 Å². The van der Waals surface area contributed by atoms with Crippen LogP contribution in [0.4, 0.5) is 0 Å². The van der Waals surface area contributed by atoms with Gasteiger partial charge in [-0.1, -0.05) is 0 Å². The molecule has 26 heavy (non-hydrogen) atoms. The van der Waals surface area contributed by atoms with Gasteiger partial charge in [-0.25, -0.2) is 13.1 Å². The molecule has 0 unspecified atom stereocenters. The number of nitrogens with zero attached hydrogens (tertiary/aromatic N) is 2. The molecule has 0 bridgehead atoms. The molecule has 1 N–H and O–H groups in total. The van der Waals surface area contributed by atoms with Crippen molar-refractivity contribution in [2.45, 2.75) is 11.8 Å². The van der Waals surface area contributed by atoms with Crippen LogP contribution < -0.4 is 9.46 Å². The maximum Gasteiger partial charge on any atom is 0.280 e. The van der Waals surface area contributed by atoms with Crippen molar-refractivity contribution in [2.75, 3.05) is 20.2 Å². The van der Waals surface area contributed by atoms with Gasteiger partial charge < -0.3 is 4.74 Å². The number of ether oxygens (including phenoxy) is 1. The van der Waals surface area contributed by atoms with Crippen LogP contribution in [0, 0.1) is 6.92 Å². The topological polar surface area (TPSA) is 106 Å². The molecule has 1 aliphatic rings. The number of aromatic nitrogens is 1. The van der Waals surface area contributed by atoms with Crippen LogP contribution in [0.1, 0.15) is 26.4 Å². The fourth-order valence-electron chi connectivity index (χ4n) is 2.74. The van der Waals surface area contributed by atoms with E-state index in [4.69, 9.17) is 4.74 Å². The molecule has 136 valence electrons. The zero-order valence-electron chi connectivity index (χ0n) is 14.2. The van der Waals surface area contributed by atoms with E-state index in [0.29, 0.717) is 11.3 Å². The zero-order chi connectivity index (χ0) is 18.9. The molecular weight excluding hydrogens is 358 g/mol. The Morgan fingerprint density at radius 3 is 2.62 bits per heavy atom. The second-order valence-corrected chi connectivity index (χ2v) is 7.43. The highest BCUT2D eigenvalue weighted by Crippen LogP contribution is 2.22. The molecule has 0 atom stereocenters.